The van der Waals surface area contributed by atoms with Gasteiger partial charge in [0.1, 0.15) is 6.07 Å². The normalized spacial score (nSPS) is 22.2. The molecule has 1 unspecified atom stereocenters. The van der Waals surface area contributed by atoms with E-state index in [4.69, 9.17) is 0 Å². The highest BCUT2D eigenvalue weighted by Gasteiger charge is 2.32. The molecule has 19 heavy (non-hydrogen) atoms. The summed E-state index contributed by atoms with van der Waals surface area (Å²) in [7, 11) is 0. The number of nitrogens with zero attached hydrogens (tertiary/aromatic N) is 2. The van der Waals surface area contributed by atoms with Crippen molar-refractivity contribution in [2.75, 3.05) is 18.0 Å². The Bertz CT molecular complexity index is 493. The molecule has 0 amide bonds. The molecule has 1 aliphatic heterocycles. The molecule has 1 aromatic rings. The maximum absolute atomic E-state index is 9.36. The van der Waals surface area contributed by atoms with Crippen LogP contribution in [-0.2, 0) is 0 Å². The van der Waals surface area contributed by atoms with Crippen LogP contribution in [0.15, 0.2) is 18.2 Å². The lowest BCUT2D eigenvalue weighted by Crippen LogP contribution is -2.39. The smallest absolute Gasteiger partial charge is 0.101 e. The molecule has 0 aromatic heterocycles. The Balaban J connectivity index is 1.85. The molecule has 1 saturated heterocycles. The fraction of sp³-hybridized carbons (Fsp3) is 0.562. The van der Waals surface area contributed by atoms with E-state index >= 15 is 0 Å². The molecule has 0 bridgehead atoms. The second-order valence-electron chi connectivity index (χ2n) is 5.81. The quantitative estimate of drug-likeness (QED) is 0.899. The average Bonchev–Trinajstić information content (AvgIpc) is 3.13. The number of nitriles is 1. The fourth-order valence-corrected chi connectivity index (χ4v) is 2.97. The van der Waals surface area contributed by atoms with Crippen LogP contribution in [0, 0.1) is 18.3 Å². The van der Waals surface area contributed by atoms with E-state index in [-0.39, 0.29) is 0 Å². The molecule has 1 N–H and O–H groups in total. The highest BCUT2D eigenvalue weighted by atomic mass is 15.2. The number of aryl methyl sites for hydroxylation is 1. The molecular formula is C16H21N3. The Morgan fingerprint density at radius 1 is 1.37 bits per heavy atom. The Labute approximate surface area is 115 Å². The van der Waals surface area contributed by atoms with Crippen molar-refractivity contribution in [3.8, 4) is 6.07 Å². The van der Waals surface area contributed by atoms with Gasteiger partial charge < -0.3 is 10.2 Å². The van der Waals surface area contributed by atoms with E-state index < -0.39 is 0 Å². The summed E-state index contributed by atoms with van der Waals surface area (Å²) in [5.74, 6) is 0. The summed E-state index contributed by atoms with van der Waals surface area (Å²) in [5.41, 5.74) is 3.12. The van der Waals surface area contributed by atoms with Crippen LogP contribution in [0.2, 0.25) is 0 Å². The molecular weight excluding hydrogens is 234 g/mol. The van der Waals surface area contributed by atoms with Gasteiger partial charge in [0.15, 0.2) is 0 Å². The zero-order chi connectivity index (χ0) is 13.2. The SMILES string of the molecule is Cc1ccc(N(CC2CCCN2)C2CC2)c(C#N)c1. The van der Waals surface area contributed by atoms with E-state index in [2.05, 4.69) is 28.4 Å². The lowest BCUT2D eigenvalue weighted by Gasteiger charge is -2.29. The van der Waals surface area contributed by atoms with Crippen molar-refractivity contribution >= 4 is 5.69 Å². The van der Waals surface area contributed by atoms with Crippen LogP contribution in [0.1, 0.15) is 36.8 Å². The third kappa shape index (κ3) is 2.74. The highest BCUT2D eigenvalue weighted by Crippen LogP contribution is 2.34. The zero-order valence-electron chi connectivity index (χ0n) is 11.5. The molecule has 3 rings (SSSR count). The average molecular weight is 255 g/mol. The third-order valence-corrected chi connectivity index (χ3v) is 4.15. The van der Waals surface area contributed by atoms with Gasteiger partial charge >= 0.3 is 0 Å². The Kier molecular flexibility index (Phi) is 3.44. The number of hydrogen-bond donors (Lipinski definition) is 1. The molecule has 0 spiro atoms. The van der Waals surface area contributed by atoms with Crippen molar-refractivity contribution < 1.29 is 0 Å². The summed E-state index contributed by atoms with van der Waals surface area (Å²) >= 11 is 0. The zero-order valence-corrected chi connectivity index (χ0v) is 11.5. The van der Waals surface area contributed by atoms with Gasteiger partial charge in [-0.1, -0.05) is 6.07 Å². The Hall–Kier alpha value is -1.53. The molecule has 2 fully saturated rings. The first-order valence-electron chi connectivity index (χ1n) is 7.28. The van der Waals surface area contributed by atoms with Crippen LogP contribution >= 0.6 is 0 Å². The topological polar surface area (TPSA) is 39.1 Å². The maximum Gasteiger partial charge on any atom is 0.101 e. The van der Waals surface area contributed by atoms with Crippen LogP contribution in [-0.4, -0.2) is 25.2 Å². The van der Waals surface area contributed by atoms with Gasteiger partial charge in [0.2, 0.25) is 0 Å². The molecule has 1 aromatic carbocycles. The van der Waals surface area contributed by atoms with E-state index in [9.17, 15) is 5.26 Å². The number of nitrogens with one attached hydrogen (secondary N) is 1. The lowest BCUT2D eigenvalue weighted by atomic mass is 10.1. The second-order valence-corrected chi connectivity index (χ2v) is 5.81. The first kappa shape index (κ1) is 12.5. The van der Waals surface area contributed by atoms with Crippen LogP contribution < -0.4 is 10.2 Å². The van der Waals surface area contributed by atoms with Crippen molar-refractivity contribution in [1.82, 2.24) is 5.32 Å². The van der Waals surface area contributed by atoms with Gasteiger partial charge in [-0.15, -0.1) is 0 Å². The minimum atomic E-state index is 0.591. The molecule has 3 nitrogen and oxygen atoms in total. The number of hydrogen-bond acceptors (Lipinski definition) is 3. The van der Waals surface area contributed by atoms with E-state index in [0.29, 0.717) is 12.1 Å². The van der Waals surface area contributed by atoms with E-state index in [0.717, 1.165) is 29.9 Å². The van der Waals surface area contributed by atoms with Crippen LogP contribution in [0.25, 0.3) is 0 Å². The first-order valence-corrected chi connectivity index (χ1v) is 7.28. The summed E-state index contributed by atoms with van der Waals surface area (Å²) < 4.78 is 0. The van der Waals surface area contributed by atoms with E-state index in [1.165, 1.54) is 25.7 Å². The molecule has 2 aliphatic rings. The van der Waals surface area contributed by atoms with Crippen molar-refractivity contribution in [2.24, 2.45) is 0 Å². The summed E-state index contributed by atoms with van der Waals surface area (Å²) in [4.78, 5) is 2.46. The predicted molar refractivity (Wildman–Crippen MR) is 77.3 cm³/mol. The van der Waals surface area contributed by atoms with Gasteiger partial charge in [-0.2, -0.15) is 5.26 Å². The molecule has 1 atom stereocenters. The van der Waals surface area contributed by atoms with Gasteiger partial charge in [0, 0.05) is 18.6 Å². The molecule has 0 radical (unpaired) electrons. The minimum Gasteiger partial charge on any atom is -0.366 e. The van der Waals surface area contributed by atoms with Gasteiger partial charge in [-0.3, -0.25) is 0 Å². The standard InChI is InChI=1S/C16H21N3/c1-12-4-7-16(13(9-12)10-17)19(15-5-6-15)11-14-3-2-8-18-14/h4,7,9,14-15,18H,2-3,5-6,8,11H2,1H3. The number of benzene rings is 1. The van der Waals surface area contributed by atoms with Crippen LogP contribution in [0.3, 0.4) is 0 Å². The molecule has 1 heterocycles. The fourth-order valence-electron chi connectivity index (χ4n) is 2.97. The minimum absolute atomic E-state index is 0.591. The Morgan fingerprint density at radius 3 is 2.84 bits per heavy atom. The lowest BCUT2D eigenvalue weighted by molar-refractivity contribution is 0.578. The maximum atomic E-state index is 9.36. The summed E-state index contributed by atoms with van der Waals surface area (Å²) in [6.07, 6.45) is 5.08. The highest BCUT2D eigenvalue weighted by molar-refractivity contribution is 5.61. The molecule has 1 saturated carbocycles. The summed E-state index contributed by atoms with van der Waals surface area (Å²) in [6, 6.07) is 9.86. The van der Waals surface area contributed by atoms with Gasteiger partial charge in [0.25, 0.3) is 0 Å². The molecule has 1 aliphatic carbocycles. The number of rotatable bonds is 4. The Morgan fingerprint density at radius 2 is 2.21 bits per heavy atom. The van der Waals surface area contributed by atoms with Crippen molar-refractivity contribution in [2.45, 2.75) is 44.7 Å². The van der Waals surface area contributed by atoms with Gasteiger partial charge in [-0.25, -0.2) is 0 Å². The summed E-state index contributed by atoms with van der Waals surface area (Å²) in [5, 5.41) is 12.9. The first-order chi connectivity index (χ1) is 9.28. The van der Waals surface area contributed by atoms with Crippen LogP contribution in [0.4, 0.5) is 5.69 Å². The third-order valence-electron chi connectivity index (χ3n) is 4.15. The monoisotopic (exact) mass is 255 g/mol. The van der Waals surface area contributed by atoms with Crippen molar-refractivity contribution in [3.05, 3.63) is 29.3 Å². The number of anilines is 1. The predicted octanol–water partition coefficient (Wildman–Crippen LogP) is 2.59. The second kappa shape index (κ2) is 5.22. The summed E-state index contributed by atoms with van der Waals surface area (Å²) in [6.45, 7) is 4.23. The van der Waals surface area contributed by atoms with Crippen molar-refractivity contribution in [1.29, 1.82) is 5.26 Å². The van der Waals surface area contributed by atoms with Crippen LogP contribution in [0.5, 0.6) is 0 Å². The van der Waals surface area contributed by atoms with Crippen molar-refractivity contribution in [3.63, 3.8) is 0 Å². The van der Waals surface area contributed by atoms with E-state index in [1.54, 1.807) is 0 Å². The van der Waals surface area contributed by atoms with E-state index in [1.807, 2.05) is 13.0 Å². The molecule has 100 valence electrons. The van der Waals surface area contributed by atoms with Gasteiger partial charge in [0.05, 0.1) is 11.3 Å². The largest absolute Gasteiger partial charge is 0.366 e. The van der Waals surface area contributed by atoms with Gasteiger partial charge in [-0.05, 0) is 56.8 Å². The molecule has 3 heteroatoms.